The minimum atomic E-state index is -4.70. The normalized spacial score (nSPS) is 15.1. The lowest BCUT2D eigenvalue weighted by Crippen LogP contribution is -2.52. The molecule has 1 N–H and O–H groups in total. The standard InChI is InChI=1S/C26H32F3N3O5S/c1-18(25(34)30-21-8-4-5-9-21)31(16-19-11-13-23(37-2)14-12-19)24(33)17-32(38(3,35)36)22-10-6-7-20(15-22)26(27,28)29/h6-7,10-15,18,21H,4-5,8-9,16-17H2,1-3H3,(H,30,34)/t18-/m1/s1. The number of nitrogens with one attached hydrogen (secondary N) is 1. The highest BCUT2D eigenvalue weighted by Gasteiger charge is 2.34. The zero-order valence-electron chi connectivity index (χ0n) is 21.5. The Morgan fingerprint density at radius 1 is 1.11 bits per heavy atom. The molecular formula is C26H32F3N3O5S. The Balaban J connectivity index is 1.91. The van der Waals surface area contributed by atoms with E-state index in [1.54, 1.807) is 31.2 Å². The predicted molar refractivity (Wildman–Crippen MR) is 137 cm³/mol. The van der Waals surface area contributed by atoms with Gasteiger partial charge in [-0.15, -0.1) is 0 Å². The summed E-state index contributed by atoms with van der Waals surface area (Å²) in [6.07, 6.45) is -0.228. The van der Waals surface area contributed by atoms with Crippen molar-refractivity contribution in [2.75, 3.05) is 24.2 Å². The van der Waals surface area contributed by atoms with E-state index in [4.69, 9.17) is 4.74 Å². The van der Waals surface area contributed by atoms with Gasteiger partial charge < -0.3 is 15.0 Å². The second-order valence-electron chi connectivity index (χ2n) is 9.35. The van der Waals surface area contributed by atoms with E-state index in [0.29, 0.717) is 21.7 Å². The third-order valence-electron chi connectivity index (χ3n) is 6.52. The van der Waals surface area contributed by atoms with E-state index in [2.05, 4.69) is 5.32 Å². The summed E-state index contributed by atoms with van der Waals surface area (Å²) in [4.78, 5) is 27.9. The quantitative estimate of drug-likeness (QED) is 0.479. The molecule has 208 valence electrons. The van der Waals surface area contributed by atoms with Crippen molar-refractivity contribution in [2.24, 2.45) is 0 Å². The van der Waals surface area contributed by atoms with E-state index in [1.807, 2.05) is 0 Å². The largest absolute Gasteiger partial charge is 0.497 e. The van der Waals surface area contributed by atoms with E-state index in [9.17, 15) is 31.2 Å². The van der Waals surface area contributed by atoms with E-state index >= 15 is 0 Å². The van der Waals surface area contributed by atoms with Crippen molar-refractivity contribution in [1.29, 1.82) is 0 Å². The van der Waals surface area contributed by atoms with Crippen molar-refractivity contribution in [3.63, 3.8) is 0 Å². The highest BCUT2D eigenvalue weighted by Crippen LogP contribution is 2.32. The smallest absolute Gasteiger partial charge is 0.416 e. The van der Waals surface area contributed by atoms with Gasteiger partial charge in [0.2, 0.25) is 21.8 Å². The van der Waals surface area contributed by atoms with Crippen LogP contribution in [0.3, 0.4) is 0 Å². The fourth-order valence-electron chi connectivity index (χ4n) is 4.35. The number of ether oxygens (including phenoxy) is 1. The van der Waals surface area contributed by atoms with Crippen LogP contribution in [0.25, 0.3) is 0 Å². The number of amides is 2. The van der Waals surface area contributed by atoms with Crippen molar-refractivity contribution in [2.45, 2.75) is 57.4 Å². The lowest BCUT2D eigenvalue weighted by molar-refractivity contribution is -0.139. The van der Waals surface area contributed by atoms with Crippen LogP contribution in [0.1, 0.15) is 43.7 Å². The molecule has 0 bridgehead atoms. The molecule has 0 spiro atoms. The summed E-state index contributed by atoms with van der Waals surface area (Å²) < 4.78 is 70.8. The van der Waals surface area contributed by atoms with Crippen LogP contribution in [0.5, 0.6) is 5.75 Å². The van der Waals surface area contributed by atoms with Crippen LogP contribution in [0.4, 0.5) is 18.9 Å². The Morgan fingerprint density at radius 3 is 2.29 bits per heavy atom. The van der Waals surface area contributed by atoms with Crippen LogP contribution < -0.4 is 14.4 Å². The van der Waals surface area contributed by atoms with Crippen molar-refractivity contribution in [3.05, 3.63) is 59.7 Å². The lowest BCUT2D eigenvalue weighted by atomic mass is 10.1. The van der Waals surface area contributed by atoms with E-state index in [1.165, 1.54) is 18.1 Å². The molecule has 0 radical (unpaired) electrons. The van der Waals surface area contributed by atoms with Gasteiger partial charge in [-0.05, 0) is 55.7 Å². The van der Waals surface area contributed by atoms with Crippen LogP contribution in [-0.2, 0) is 32.3 Å². The molecular weight excluding hydrogens is 523 g/mol. The Kier molecular flexibility index (Phi) is 9.29. The van der Waals surface area contributed by atoms with Gasteiger partial charge in [-0.1, -0.05) is 31.0 Å². The Labute approximate surface area is 220 Å². The first-order valence-electron chi connectivity index (χ1n) is 12.2. The van der Waals surface area contributed by atoms with Gasteiger partial charge >= 0.3 is 6.18 Å². The molecule has 1 fully saturated rings. The summed E-state index contributed by atoms with van der Waals surface area (Å²) in [5.74, 6) is -0.534. The Morgan fingerprint density at radius 2 is 1.74 bits per heavy atom. The fourth-order valence-corrected chi connectivity index (χ4v) is 5.19. The molecule has 1 aliphatic rings. The summed E-state index contributed by atoms with van der Waals surface area (Å²) in [6.45, 7) is 0.736. The van der Waals surface area contributed by atoms with Crippen molar-refractivity contribution in [3.8, 4) is 5.75 Å². The summed E-state index contributed by atoms with van der Waals surface area (Å²) in [5.41, 5.74) is -0.691. The molecule has 1 saturated carbocycles. The van der Waals surface area contributed by atoms with E-state index in [0.717, 1.165) is 44.1 Å². The molecule has 2 aromatic rings. The topological polar surface area (TPSA) is 96.0 Å². The highest BCUT2D eigenvalue weighted by atomic mass is 32.2. The average Bonchev–Trinajstić information content (AvgIpc) is 3.37. The van der Waals surface area contributed by atoms with Crippen LogP contribution in [0.15, 0.2) is 48.5 Å². The molecule has 12 heteroatoms. The van der Waals surface area contributed by atoms with Gasteiger partial charge in [-0.25, -0.2) is 8.42 Å². The molecule has 1 atom stereocenters. The number of benzene rings is 2. The van der Waals surface area contributed by atoms with Crippen molar-refractivity contribution < 1.29 is 35.9 Å². The first-order chi connectivity index (χ1) is 17.8. The maximum Gasteiger partial charge on any atom is 0.416 e. The minimum Gasteiger partial charge on any atom is -0.497 e. The molecule has 2 aromatic carbocycles. The first kappa shape index (κ1) is 29.3. The molecule has 0 unspecified atom stereocenters. The van der Waals surface area contributed by atoms with Crippen molar-refractivity contribution >= 4 is 27.5 Å². The zero-order valence-corrected chi connectivity index (χ0v) is 22.3. The van der Waals surface area contributed by atoms with Gasteiger partial charge in [0.25, 0.3) is 0 Å². The molecule has 1 aliphatic carbocycles. The molecule has 38 heavy (non-hydrogen) atoms. The first-order valence-corrected chi connectivity index (χ1v) is 14.0. The molecule has 0 aliphatic heterocycles. The number of hydrogen-bond donors (Lipinski definition) is 1. The maximum atomic E-state index is 13.6. The van der Waals surface area contributed by atoms with E-state index < -0.39 is 40.3 Å². The number of sulfonamides is 1. The zero-order chi connectivity index (χ0) is 28.1. The van der Waals surface area contributed by atoms with Crippen LogP contribution >= 0.6 is 0 Å². The van der Waals surface area contributed by atoms with Crippen LogP contribution in [0.2, 0.25) is 0 Å². The van der Waals surface area contributed by atoms with Gasteiger partial charge in [-0.2, -0.15) is 13.2 Å². The number of alkyl halides is 3. The summed E-state index contributed by atoms with van der Waals surface area (Å²) in [7, 11) is -2.65. The second-order valence-corrected chi connectivity index (χ2v) is 11.3. The van der Waals surface area contributed by atoms with Gasteiger partial charge in [0, 0.05) is 12.6 Å². The number of carbonyl (C=O) groups excluding carboxylic acids is 2. The molecule has 8 nitrogen and oxygen atoms in total. The number of anilines is 1. The third kappa shape index (κ3) is 7.62. The molecule has 0 saturated heterocycles. The van der Waals surface area contributed by atoms with Crippen molar-refractivity contribution in [1.82, 2.24) is 10.2 Å². The molecule has 0 aromatic heterocycles. The maximum absolute atomic E-state index is 13.6. The van der Waals surface area contributed by atoms with E-state index in [-0.39, 0.29) is 24.2 Å². The third-order valence-corrected chi connectivity index (χ3v) is 7.66. The molecule has 3 rings (SSSR count). The Hall–Kier alpha value is -3.28. The predicted octanol–water partition coefficient (Wildman–Crippen LogP) is 3.96. The number of hydrogen-bond acceptors (Lipinski definition) is 5. The SMILES string of the molecule is COc1ccc(CN(C(=O)CN(c2cccc(C(F)(F)F)c2)S(C)(=O)=O)[C@H](C)C(=O)NC2CCCC2)cc1. The summed E-state index contributed by atoms with van der Waals surface area (Å²) in [6, 6.07) is 9.59. The number of carbonyl (C=O) groups is 2. The fraction of sp³-hybridized carbons (Fsp3) is 0.462. The highest BCUT2D eigenvalue weighted by molar-refractivity contribution is 7.92. The molecule has 2 amide bonds. The van der Waals surface area contributed by atoms with Gasteiger partial charge in [0.1, 0.15) is 18.3 Å². The number of rotatable bonds is 10. The Bertz CT molecular complexity index is 1230. The average molecular weight is 556 g/mol. The summed E-state index contributed by atoms with van der Waals surface area (Å²) in [5, 5.41) is 2.95. The van der Waals surface area contributed by atoms with Gasteiger partial charge in [-0.3, -0.25) is 13.9 Å². The van der Waals surface area contributed by atoms with Gasteiger partial charge in [0.05, 0.1) is 24.6 Å². The minimum absolute atomic E-state index is 0.000477. The number of nitrogens with zero attached hydrogens (tertiary/aromatic N) is 2. The summed E-state index contributed by atoms with van der Waals surface area (Å²) >= 11 is 0. The van der Waals surface area contributed by atoms with Crippen LogP contribution in [0, 0.1) is 0 Å². The number of halogens is 3. The second kappa shape index (κ2) is 12.1. The van der Waals surface area contributed by atoms with Crippen LogP contribution in [-0.4, -0.2) is 57.1 Å². The number of methoxy groups -OCH3 is 1. The lowest BCUT2D eigenvalue weighted by Gasteiger charge is -2.32. The monoisotopic (exact) mass is 555 g/mol. The molecule has 0 heterocycles. The van der Waals surface area contributed by atoms with Gasteiger partial charge in [0.15, 0.2) is 0 Å².